The van der Waals surface area contributed by atoms with Crippen LogP contribution in [0.4, 0.5) is 0 Å². The number of hydrogen-bond donors (Lipinski definition) is 0. The molecule has 4 rings (SSSR count). The zero-order valence-electron chi connectivity index (χ0n) is 35.3. The Morgan fingerprint density at radius 2 is 0.770 bits per heavy atom. The number of hydrazone groups is 4. The molecule has 0 saturated heterocycles. The van der Waals surface area contributed by atoms with E-state index < -0.39 is 40.9 Å². The second-order valence-electron chi connectivity index (χ2n) is 14.1. The molecule has 0 aromatic heterocycles. The molecule has 0 aliphatic rings. The van der Waals surface area contributed by atoms with Crippen LogP contribution in [0.5, 0.6) is 23.0 Å². The van der Waals surface area contributed by atoms with Gasteiger partial charge in [0.05, 0.1) is 79.3 Å². The molecule has 3 atom stereocenters. The Balaban J connectivity index is 1.20. The Labute approximate surface area is 377 Å². The monoisotopic (exact) mass is 977 g/mol. The summed E-state index contributed by atoms with van der Waals surface area (Å²) in [6.07, 6.45) is 6.81. The van der Waals surface area contributed by atoms with Crippen molar-refractivity contribution in [1.82, 2.24) is 19.3 Å². The number of benzene rings is 4. The molecule has 61 heavy (non-hydrogen) atoms. The summed E-state index contributed by atoms with van der Waals surface area (Å²) in [5, 5.41) is 19.1. The predicted octanol–water partition coefficient (Wildman–Crippen LogP) is 9.89. The van der Waals surface area contributed by atoms with E-state index in [0.29, 0.717) is 23.8 Å². The van der Waals surface area contributed by atoms with Gasteiger partial charge in [0.15, 0.2) is 17.2 Å². The SMILES string of the molecule is COc1ccc(/C=N\N(C)[P+](=S)Oc2ccc(/C=N\N(C)[P+](=S)Oc3ccc(/C=N\N(C)[P+](=S)Oc4ccc(/C=N\N(C)CC(P(C)(C)=O)P(C)(C)=O)cc4)cc3)cc2)cc1. The lowest BCUT2D eigenvalue weighted by Gasteiger charge is -2.28. The molecule has 4 aromatic rings. The van der Waals surface area contributed by atoms with Crippen LogP contribution in [0.25, 0.3) is 0 Å². The number of rotatable bonds is 22. The van der Waals surface area contributed by atoms with Crippen molar-refractivity contribution in [2.45, 2.75) is 5.40 Å². The zero-order chi connectivity index (χ0) is 44.7. The summed E-state index contributed by atoms with van der Waals surface area (Å²) in [7, 11) is -0.809. The van der Waals surface area contributed by atoms with Crippen LogP contribution in [0, 0.1) is 0 Å². The quantitative estimate of drug-likeness (QED) is 0.0421. The third kappa shape index (κ3) is 17.0. The van der Waals surface area contributed by atoms with Crippen molar-refractivity contribution in [3.63, 3.8) is 0 Å². The maximum Gasteiger partial charge on any atom is 0.540 e. The second kappa shape index (κ2) is 23.4. The summed E-state index contributed by atoms with van der Waals surface area (Å²) in [5.74, 6) is 2.61. The highest BCUT2D eigenvalue weighted by molar-refractivity contribution is 8.02. The Kier molecular flexibility index (Phi) is 19.1. The molecule has 0 aliphatic heterocycles. The van der Waals surface area contributed by atoms with Gasteiger partial charge < -0.3 is 13.9 Å². The zero-order valence-corrected chi connectivity index (χ0v) is 42.2. The summed E-state index contributed by atoms with van der Waals surface area (Å²) in [6.45, 7) is 7.06. The smallest absolute Gasteiger partial charge is 0.497 e. The number of hydrogen-bond acceptors (Lipinski definition) is 14. The Morgan fingerprint density at radius 3 is 1.03 bits per heavy atom. The van der Waals surface area contributed by atoms with E-state index >= 15 is 0 Å². The maximum atomic E-state index is 12.7. The minimum absolute atomic E-state index is 0.345. The van der Waals surface area contributed by atoms with Gasteiger partial charge in [-0.05, 0) is 146 Å². The fraction of sp³-hybridized carbons (Fsp3) is 0.282. The molecule has 0 spiro atoms. The number of nitrogens with zero attached hydrogens (tertiary/aromatic N) is 8. The van der Waals surface area contributed by atoms with E-state index in [4.69, 9.17) is 53.7 Å². The molecule has 0 amide bonds. The van der Waals surface area contributed by atoms with Gasteiger partial charge in [-0.1, -0.05) is 14.3 Å². The van der Waals surface area contributed by atoms with Crippen LogP contribution in [0.15, 0.2) is 117 Å². The average molecular weight is 978 g/mol. The first-order chi connectivity index (χ1) is 28.8. The molecule has 0 bridgehead atoms. The van der Waals surface area contributed by atoms with Gasteiger partial charge in [0.25, 0.3) is 0 Å². The van der Waals surface area contributed by atoms with Crippen molar-refractivity contribution < 1.29 is 27.4 Å². The second-order valence-corrected chi connectivity index (χ2v) is 28.0. The fourth-order valence-corrected chi connectivity index (χ4v) is 14.5. The largest absolute Gasteiger partial charge is 0.540 e. The van der Waals surface area contributed by atoms with Crippen LogP contribution in [-0.2, 0) is 44.6 Å². The van der Waals surface area contributed by atoms with Crippen molar-refractivity contribution in [3.8, 4) is 23.0 Å². The molecular weight excluding hydrogens is 928 g/mol. The van der Waals surface area contributed by atoms with E-state index in [9.17, 15) is 9.13 Å². The molecule has 0 heterocycles. The summed E-state index contributed by atoms with van der Waals surface area (Å²) in [6, 6.07) is 29.7. The van der Waals surface area contributed by atoms with Gasteiger partial charge in [0.1, 0.15) is 5.75 Å². The van der Waals surface area contributed by atoms with Crippen LogP contribution < -0.4 is 18.3 Å². The van der Waals surface area contributed by atoms with E-state index in [0.717, 1.165) is 28.0 Å². The van der Waals surface area contributed by atoms with Crippen molar-refractivity contribution in [2.75, 3.05) is 68.5 Å². The van der Waals surface area contributed by atoms with Gasteiger partial charge in [0.2, 0.25) is 35.4 Å². The summed E-state index contributed by atoms with van der Waals surface area (Å²) in [4.78, 5) is 0. The molecule has 0 radical (unpaired) electrons. The van der Waals surface area contributed by atoms with E-state index in [1.165, 1.54) is 0 Å². The van der Waals surface area contributed by atoms with Crippen LogP contribution in [0.2, 0.25) is 0 Å². The molecule has 0 fully saturated rings. The first-order valence-corrected chi connectivity index (χ1v) is 30.4. The van der Waals surface area contributed by atoms with Crippen LogP contribution in [-0.4, -0.2) is 118 Å². The highest BCUT2D eigenvalue weighted by atomic mass is 32.4. The normalized spacial score (nSPS) is 12.9. The molecule has 3 unspecified atom stereocenters. The summed E-state index contributed by atoms with van der Waals surface area (Å²) < 4.78 is 53.4. The van der Waals surface area contributed by atoms with Gasteiger partial charge in [-0.25, -0.2) is 0 Å². The minimum atomic E-state index is -2.57. The van der Waals surface area contributed by atoms with E-state index in [2.05, 4.69) is 20.4 Å². The van der Waals surface area contributed by atoms with Crippen LogP contribution in [0.1, 0.15) is 22.3 Å². The van der Waals surface area contributed by atoms with Crippen molar-refractivity contribution in [3.05, 3.63) is 119 Å². The molecule has 14 nitrogen and oxygen atoms in total. The van der Waals surface area contributed by atoms with Crippen LogP contribution >= 0.6 is 35.5 Å². The highest BCUT2D eigenvalue weighted by Gasteiger charge is 2.34. The van der Waals surface area contributed by atoms with Gasteiger partial charge in [0, 0.05) is 7.05 Å². The van der Waals surface area contributed by atoms with E-state index in [-0.39, 0.29) is 0 Å². The standard InChI is InChI=1S/C39H50N8O6P5S3/c1-44(30-39(57(6,7)48)58(8,9)49)40-26-31-12-20-36(21-13-31)51-55(60)46(3)42-28-33-16-24-38(25-17-33)53-56(61)47(4)43-29-34-14-22-37(23-15-34)52-54(59)45(2)41-27-32-10-18-35(50-5)19-11-32/h10-29,39H,30H2,1-9H3/q+3/b40-26-,41-27-,42-28-,43-29-. The molecule has 22 heteroatoms. The first kappa shape index (κ1) is 49.6. The highest BCUT2D eigenvalue weighted by Crippen LogP contribution is 2.61. The lowest BCUT2D eigenvalue weighted by Crippen LogP contribution is -2.25. The van der Waals surface area contributed by atoms with Gasteiger partial charge in [-0.2, -0.15) is 5.10 Å². The summed E-state index contributed by atoms with van der Waals surface area (Å²) >= 11 is 16.7. The van der Waals surface area contributed by atoms with Gasteiger partial charge in [-0.3, -0.25) is 18.6 Å². The van der Waals surface area contributed by atoms with Gasteiger partial charge in [-0.15, -0.1) is 15.3 Å². The lowest BCUT2D eigenvalue weighted by molar-refractivity contribution is 0.367. The lowest BCUT2D eigenvalue weighted by atomic mass is 10.2. The van der Waals surface area contributed by atoms with Crippen molar-refractivity contribution >= 4 is 95.8 Å². The number of ether oxygens (including phenoxy) is 1. The summed E-state index contributed by atoms with van der Waals surface area (Å²) in [5.41, 5.74) is 3.45. The third-order valence-electron chi connectivity index (χ3n) is 8.40. The minimum Gasteiger partial charge on any atom is -0.497 e. The molecule has 0 saturated carbocycles. The molecule has 0 aliphatic carbocycles. The number of methoxy groups -OCH3 is 1. The van der Waals surface area contributed by atoms with Crippen molar-refractivity contribution in [1.29, 1.82) is 0 Å². The topological polar surface area (TPSA) is 133 Å². The average Bonchev–Trinajstić information content (AvgIpc) is 3.22. The fourth-order valence-electron chi connectivity index (χ4n) is 5.07. The van der Waals surface area contributed by atoms with E-state index in [1.54, 1.807) is 106 Å². The molecule has 4 aromatic carbocycles. The van der Waals surface area contributed by atoms with Crippen LogP contribution in [0.3, 0.4) is 0 Å². The Hall–Kier alpha value is -4.02. The molecular formula is C39H50N8O6P5S3+3. The van der Waals surface area contributed by atoms with Gasteiger partial charge >= 0.3 is 21.2 Å². The van der Waals surface area contributed by atoms with Crippen molar-refractivity contribution in [2.24, 2.45) is 20.4 Å². The Bertz CT molecular complexity index is 2320. The Morgan fingerprint density at radius 1 is 0.508 bits per heavy atom. The maximum absolute atomic E-state index is 12.7. The first-order valence-electron chi connectivity index (χ1n) is 18.4. The third-order valence-corrected chi connectivity index (χ3v) is 20.6. The molecule has 322 valence electrons. The van der Waals surface area contributed by atoms with E-state index in [1.807, 2.05) is 97.1 Å². The molecule has 0 N–H and O–H groups in total. The predicted molar refractivity (Wildman–Crippen MR) is 266 cm³/mol.